The van der Waals surface area contributed by atoms with Crippen molar-refractivity contribution >= 4 is 0 Å². The quantitative estimate of drug-likeness (QED) is 0.528. The summed E-state index contributed by atoms with van der Waals surface area (Å²) in [5.41, 5.74) is -2.19. The SMILES string of the molecule is FC(C(F)(F)F)C(F)(F)C12CCCC1O2. The van der Waals surface area contributed by atoms with Gasteiger partial charge in [-0.1, -0.05) is 0 Å². The van der Waals surface area contributed by atoms with E-state index in [0.29, 0.717) is 6.42 Å². The van der Waals surface area contributed by atoms with Gasteiger partial charge in [0, 0.05) is 0 Å². The number of hydrogen-bond donors (Lipinski definition) is 0. The number of rotatable bonds is 2. The lowest BCUT2D eigenvalue weighted by Crippen LogP contribution is -2.51. The van der Waals surface area contributed by atoms with Crippen molar-refractivity contribution in [3.63, 3.8) is 0 Å². The van der Waals surface area contributed by atoms with Crippen molar-refractivity contribution in [3.8, 4) is 0 Å². The normalized spacial score (nSPS) is 37.6. The summed E-state index contributed by atoms with van der Waals surface area (Å²) in [6, 6.07) is 0. The van der Waals surface area contributed by atoms with Crippen molar-refractivity contribution in [2.24, 2.45) is 0 Å². The topological polar surface area (TPSA) is 12.5 Å². The summed E-state index contributed by atoms with van der Waals surface area (Å²) in [7, 11) is 0. The Hall–Kier alpha value is -0.460. The Morgan fingerprint density at radius 1 is 1.20 bits per heavy atom. The van der Waals surface area contributed by atoms with Crippen molar-refractivity contribution in [2.45, 2.75) is 49.2 Å². The molecule has 1 saturated carbocycles. The highest BCUT2D eigenvalue weighted by atomic mass is 19.4. The second-order valence-corrected chi connectivity index (χ2v) is 3.92. The average Bonchev–Trinajstić information content (AvgIpc) is 2.68. The first-order chi connectivity index (χ1) is 6.72. The van der Waals surface area contributed by atoms with E-state index in [1.807, 2.05) is 0 Å². The Labute approximate surface area is 81.4 Å². The van der Waals surface area contributed by atoms with Gasteiger partial charge in [-0.15, -0.1) is 0 Å². The van der Waals surface area contributed by atoms with Gasteiger partial charge in [-0.3, -0.25) is 0 Å². The van der Waals surface area contributed by atoms with Crippen LogP contribution in [0.1, 0.15) is 19.3 Å². The molecule has 88 valence electrons. The van der Waals surface area contributed by atoms with Crippen LogP contribution >= 0.6 is 0 Å². The van der Waals surface area contributed by atoms with E-state index >= 15 is 0 Å². The van der Waals surface area contributed by atoms with Crippen LogP contribution in [0.5, 0.6) is 0 Å². The van der Waals surface area contributed by atoms with Gasteiger partial charge < -0.3 is 4.74 Å². The Morgan fingerprint density at radius 3 is 2.13 bits per heavy atom. The van der Waals surface area contributed by atoms with Crippen LogP contribution in [0.15, 0.2) is 0 Å². The molecule has 0 aromatic rings. The van der Waals surface area contributed by atoms with E-state index in [1.54, 1.807) is 0 Å². The van der Waals surface area contributed by atoms with E-state index in [2.05, 4.69) is 4.74 Å². The van der Waals surface area contributed by atoms with E-state index in [4.69, 9.17) is 0 Å². The van der Waals surface area contributed by atoms with Crippen LogP contribution in [0.25, 0.3) is 0 Å². The third-order valence-corrected chi connectivity index (χ3v) is 3.00. The van der Waals surface area contributed by atoms with Crippen molar-refractivity contribution < 1.29 is 31.1 Å². The van der Waals surface area contributed by atoms with Crippen molar-refractivity contribution in [1.29, 1.82) is 0 Å². The third-order valence-electron chi connectivity index (χ3n) is 3.00. The highest BCUT2D eigenvalue weighted by molar-refractivity contribution is 5.18. The van der Waals surface area contributed by atoms with Crippen LogP contribution < -0.4 is 0 Å². The van der Waals surface area contributed by atoms with Gasteiger partial charge in [0.25, 0.3) is 6.17 Å². The molecule has 0 aromatic heterocycles. The van der Waals surface area contributed by atoms with Gasteiger partial charge in [0.15, 0.2) is 5.60 Å². The van der Waals surface area contributed by atoms with E-state index in [9.17, 15) is 26.3 Å². The van der Waals surface area contributed by atoms with E-state index < -0.39 is 30.0 Å². The molecule has 0 N–H and O–H groups in total. The Kier molecular flexibility index (Phi) is 2.07. The average molecular weight is 234 g/mol. The fraction of sp³-hybridized carbons (Fsp3) is 1.00. The summed E-state index contributed by atoms with van der Waals surface area (Å²) in [6.07, 6.45) is -10.2. The molecule has 1 aliphatic carbocycles. The number of halogens is 6. The summed E-state index contributed by atoms with van der Waals surface area (Å²) in [5.74, 6) is -4.48. The second kappa shape index (κ2) is 2.81. The van der Waals surface area contributed by atoms with Gasteiger partial charge in [0.05, 0.1) is 6.10 Å². The van der Waals surface area contributed by atoms with Crippen LogP contribution in [0, 0.1) is 0 Å². The summed E-state index contributed by atoms with van der Waals surface area (Å²) in [6.45, 7) is 0. The molecule has 2 fully saturated rings. The molecule has 2 aliphatic rings. The Bertz CT molecular complexity index is 275. The first kappa shape index (κ1) is 11.0. The zero-order valence-corrected chi connectivity index (χ0v) is 7.45. The lowest BCUT2D eigenvalue weighted by Gasteiger charge is -2.27. The predicted octanol–water partition coefficient (Wildman–Crippen LogP) is 2.84. The Morgan fingerprint density at radius 2 is 1.80 bits per heavy atom. The molecular weight excluding hydrogens is 226 g/mol. The molecule has 0 aromatic carbocycles. The number of fused-ring (bicyclic) bond motifs is 1. The fourth-order valence-corrected chi connectivity index (χ4v) is 2.16. The van der Waals surface area contributed by atoms with Crippen LogP contribution in [-0.2, 0) is 4.74 Å². The van der Waals surface area contributed by atoms with Crippen LogP contribution in [0.3, 0.4) is 0 Å². The lowest BCUT2D eigenvalue weighted by molar-refractivity contribution is -0.261. The predicted molar refractivity (Wildman–Crippen MR) is 37.4 cm³/mol. The zero-order valence-electron chi connectivity index (χ0n) is 7.45. The highest BCUT2D eigenvalue weighted by Gasteiger charge is 2.79. The first-order valence-electron chi connectivity index (χ1n) is 4.48. The first-order valence-corrected chi connectivity index (χ1v) is 4.48. The molecule has 0 radical (unpaired) electrons. The minimum Gasteiger partial charge on any atom is -0.359 e. The minimum atomic E-state index is -5.54. The molecule has 1 saturated heterocycles. The molecule has 0 amide bonds. The standard InChI is InChI=1S/C8H8F6O/c9-5(8(12,13)14)7(10,11)6-3-1-2-4(6)15-6/h4-5H,1-3H2. The maximum atomic E-state index is 13.2. The van der Waals surface area contributed by atoms with E-state index in [-0.39, 0.29) is 12.8 Å². The zero-order chi connectivity index (χ0) is 11.5. The number of alkyl halides is 6. The van der Waals surface area contributed by atoms with Crippen LogP contribution in [-0.4, -0.2) is 30.0 Å². The molecule has 3 unspecified atom stereocenters. The van der Waals surface area contributed by atoms with Gasteiger partial charge in [-0.25, -0.2) is 4.39 Å². The molecule has 15 heavy (non-hydrogen) atoms. The van der Waals surface area contributed by atoms with Crippen molar-refractivity contribution in [1.82, 2.24) is 0 Å². The monoisotopic (exact) mass is 234 g/mol. The van der Waals surface area contributed by atoms with Crippen LogP contribution in [0.4, 0.5) is 26.3 Å². The molecular formula is C8H8F6O. The molecule has 0 spiro atoms. The molecule has 3 atom stereocenters. The molecule has 7 heteroatoms. The van der Waals surface area contributed by atoms with E-state index in [0.717, 1.165) is 0 Å². The largest absolute Gasteiger partial charge is 0.425 e. The summed E-state index contributed by atoms with van der Waals surface area (Å²) < 4.78 is 79.3. The number of hydrogen-bond acceptors (Lipinski definition) is 1. The minimum absolute atomic E-state index is 0.207. The Balaban J connectivity index is 2.20. The smallest absolute Gasteiger partial charge is 0.359 e. The lowest BCUT2D eigenvalue weighted by atomic mass is 9.94. The fourth-order valence-electron chi connectivity index (χ4n) is 2.16. The number of ether oxygens (including phenoxy) is 1. The molecule has 1 heterocycles. The third kappa shape index (κ3) is 1.35. The molecule has 2 rings (SSSR count). The van der Waals surface area contributed by atoms with Gasteiger partial charge >= 0.3 is 12.1 Å². The highest BCUT2D eigenvalue weighted by Crippen LogP contribution is 2.61. The van der Waals surface area contributed by atoms with Crippen LogP contribution in [0.2, 0.25) is 0 Å². The van der Waals surface area contributed by atoms with Gasteiger partial charge in [-0.2, -0.15) is 22.0 Å². The molecule has 0 bridgehead atoms. The second-order valence-electron chi connectivity index (χ2n) is 3.92. The summed E-state index contributed by atoms with van der Waals surface area (Å²) >= 11 is 0. The van der Waals surface area contributed by atoms with E-state index in [1.165, 1.54) is 0 Å². The van der Waals surface area contributed by atoms with Crippen molar-refractivity contribution in [2.75, 3.05) is 0 Å². The van der Waals surface area contributed by atoms with Gasteiger partial charge in [0.1, 0.15) is 0 Å². The van der Waals surface area contributed by atoms with Gasteiger partial charge in [-0.05, 0) is 19.3 Å². The number of epoxide rings is 1. The maximum Gasteiger partial charge on any atom is 0.425 e. The van der Waals surface area contributed by atoms with Crippen molar-refractivity contribution in [3.05, 3.63) is 0 Å². The van der Waals surface area contributed by atoms with Gasteiger partial charge in [0.2, 0.25) is 0 Å². The maximum absolute atomic E-state index is 13.2. The molecule has 1 nitrogen and oxygen atoms in total. The molecule has 1 aliphatic heterocycles. The summed E-state index contributed by atoms with van der Waals surface area (Å²) in [4.78, 5) is 0. The summed E-state index contributed by atoms with van der Waals surface area (Å²) in [5, 5.41) is 0.